The summed E-state index contributed by atoms with van der Waals surface area (Å²) in [6, 6.07) is 1.55. The highest BCUT2D eigenvalue weighted by Crippen LogP contribution is 2.57. The third-order valence-corrected chi connectivity index (χ3v) is 5.97. The van der Waals surface area contributed by atoms with Crippen LogP contribution >= 0.6 is 11.8 Å². The zero-order valence-electron chi connectivity index (χ0n) is 10.2. The van der Waals surface area contributed by atoms with Crippen LogP contribution in [0.25, 0.3) is 0 Å². The molecule has 0 aromatic rings. The van der Waals surface area contributed by atoms with Crippen LogP contribution in [-0.2, 0) is 4.74 Å². The number of hydrogen-bond donors (Lipinski definition) is 1. The summed E-state index contributed by atoms with van der Waals surface area (Å²) in [4.78, 5) is 0. The minimum atomic E-state index is 0.545. The molecule has 3 unspecified atom stereocenters. The fraction of sp³-hybridized carbons (Fsp3) is 1.00. The lowest BCUT2D eigenvalue weighted by Crippen LogP contribution is -2.68. The second kappa shape index (κ2) is 4.51. The predicted octanol–water partition coefficient (Wildman–Crippen LogP) is 2.43. The van der Waals surface area contributed by atoms with Crippen LogP contribution in [0.4, 0.5) is 0 Å². The van der Waals surface area contributed by atoms with Crippen molar-refractivity contribution in [3.05, 3.63) is 0 Å². The molecule has 2 aliphatic carbocycles. The average molecular weight is 241 g/mol. The molecule has 3 heteroatoms. The van der Waals surface area contributed by atoms with Crippen molar-refractivity contribution in [2.75, 3.05) is 18.1 Å². The van der Waals surface area contributed by atoms with Gasteiger partial charge in [0.15, 0.2) is 0 Å². The van der Waals surface area contributed by atoms with E-state index in [1.54, 1.807) is 0 Å². The Morgan fingerprint density at radius 2 is 2.31 bits per heavy atom. The van der Waals surface area contributed by atoms with Crippen LogP contribution in [0, 0.1) is 5.41 Å². The van der Waals surface area contributed by atoms with Gasteiger partial charge in [-0.3, -0.25) is 0 Å². The summed E-state index contributed by atoms with van der Waals surface area (Å²) in [6.07, 6.45) is 7.41. The molecule has 3 aliphatic rings. The van der Waals surface area contributed by atoms with Gasteiger partial charge in [-0.25, -0.2) is 0 Å². The zero-order valence-corrected chi connectivity index (χ0v) is 11.0. The minimum Gasteiger partial charge on any atom is -0.378 e. The molecule has 2 nitrogen and oxygen atoms in total. The number of rotatable bonds is 4. The molecule has 1 aliphatic heterocycles. The van der Waals surface area contributed by atoms with Crippen LogP contribution in [0.3, 0.4) is 0 Å². The molecule has 16 heavy (non-hydrogen) atoms. The maximum Gasteiger partial charge on any atom is 0.0661 e. The van der Waals surface area contributed by atoms with Crippen molar-refractivity contribution >= 4 is 11.8 Å². The molecular formula is C13H23NOS. The summed E-state index contributed by atoms with van der Waals surface area (Å²) in [5.41, 5.74) is 0.545. The predicted molar refractivity (Wildman–Crippen MR) is 69.0 cm³/mol. The first-order valence-electron chi connectivity index (χ1n) is 6.80. The van der Waals surface area contributed by atoms with Gasteiger partial charge in [0.1, 0.15) is 0 Å². The Kier molecular flexibility index (Phi) is 3.20. The van der Waals surface area contributed by atoms with Gasteiger partial charge in [-0.15, -0.1) is 0 Å². The van der Waals surface area contributed by atoms with Crippen molar-refractivity contribution in [2.45, 2.75) is 57.2 Å². The topological polar surface area (TPSA) is 21.3 Å². The van der Waals surface area contributed by atoms with Gasteiger partial charge >= 0.3 is 0 Å². The maximum absolute atomic E-state index is 5.89. The average Bonchev–Trinajstić information content (AvgIpc) is 2.66. The van der Waals surface area contributed by atoms with E-state index < -0.39 is 0 Å². The van der Waals surface area contributed by atoms with Crippen molar-refractivity contribution in [3.63, 3.8) is 0 Å². The summed E-state index contributed by atoms with van der Waals surface area (Å²) in [7, 11) is 0. The number of ether oxygens (including phenoxy) is 1. The first kappa shape index (κ1) is 11.4. The highest BCUT2D eigenvalue weighted by atomic mass is 32.2. The molecule has 3 atom stereocenters. The minimum absolute atomic E-state index is 0.545. The van der Waals surface area contributed by atoms with Gasteiger partial charge in [0.2, 0.25) is 0 Å². The van der Waals surface area contributed by atoms with Crippen LogP contribution in [0.5, 0.6) is 0 Å². The molecule has 0 aromatic carbocycles. The van der Waals surface area contributed by atoms with Crippen molar-refractivity contribution < 1.29 is 4.74 Å². The van der Waals surface area contributed by atoms with Crippen molar-refractivity contribution in [1.82, 2.24) is 5.32 Å². The van der Waals surface area contributed by atoms with Crippen LogP contribution in [0.1, 0.15) is 39.0 Å². The third-order valence-electron chi connectivity index (χ3n) is 4.80. The van der Waals surface area contributed by atoms with E-state index in [-0.39, 0.29) is 0 Å². The van der Waals surface area contributed by atoms with E-state index in [0.717, 1.165) is 18.7 Å². The van der Waals surface area contributed by atoms with E-state index in [2.05, 4.69) is 24.0 Å². The highest BCUT2D eigenvalue weighted by molar-refractivity contribution is 7.99. The smallest absolute Gasteiger partial charge is 0.0661 e. The molecule has 0 radical (unpaired) electrons. The van der Waals surface area contributed by atoms with Gasteiger partial charge in [0, 0.05) is 29.9 Å². The summed E-state index contributed by atoms with van der Waals surface area (Å²) in [5.74, 6) is 2.68. The molecule has 3 fully saturated rings. The lowest BCUT2D eigenvalue weighted by molar-refractivity contribution is -0.174. The molecule has 92 valence electrons. The maximum atomic E-state index is 5.89. The van der Waals surface area contributed by atoms with E-state index in [4.69, 9.17) is 4.74 Å². The Hall–Kier alpha value is 0.270. The number of hydrogen-bond acceptors (Lipinski definition) is 3. The molecule has 1 heterocycles. The Morgan fingerprint density at radius 1 is 1.44 bits per heavy atom. The first-order valence-corrected chi connectivity index (χ1v) is 7.96. The number of thioether (sulfide) groups is 1. The molecule has 1 N–H and O–H groups in total. The third kappa shape index (κ3) is 1.72. The summed E-state index contributed by atoms with van der Waals surface area (Å²) in [6.45, 7) is 3.01. The van der Waals surface area contributed by atoms with Gasteiger partial charge in [0.25, 0.3) is 0 Å². The molecule has 1 saturated heterocycles. The Morgan fingerprint density at radius 3 is 2.88 bits per heavy atom. The van der Waals surface area contributed by atoms with E-state index in [0.29, 0.717) is 11.5 Å². The van der Waals surface area contributed by atoms with Crippen LogP contribution in [-0.4, -0.2) is 36.3 Å². The lowest BCUT2D eigenvalue weighted by Gasteiger charge is -2.61. The molecule has 1 spiro atoms. The summed E-state index contributed by atoms with van der Waals surface area (Å²) in [5, 5.41) is 3.90. The van der Waals surface area contributed by atoms with Gasteiger partial charge < -0.3 is 10.1 Å². The second-order valence-electron chi connectivity index (χ2n) is 5.55. The van der Waals surface area contributed by atoms with Gasteiger partial charge in [-0.2, -0.15) is 11.8 Å². The van der Waals surface area contributed by atoms with E-state index in [1.807, 2.05) is 0 Å². The van der Waals surface area contributed by atoms with Gasteiger partial charge in [-0.05, 0) is 38.4 Å². The molecule has 0 aromatic heterocycles. The monoisotopic (exact) mass is 241 g/mol. The van der Waals surface area contributed by atoms with Crippen LogP contribution < -0.4 is 5.32 Å². The van der Waals surface area contributed by atoms with Gasteiger partial charge in [-0.1, -0.05) is 6.42 Å². The fourth-order valence-electron chi connectivity index (χ4n) is 3.62. The van der Waals surface area contributed by atoms with E-state index in [9.17, 15) is 0 Å². The van der Waals surface area contributed by atoms with Crippen molar-refractivity contribution in [1.29, 1.82) is 0 Å². The molecular weight excluding hydrogens is 218 g/mol. The quantitative estimate of drug-likeness (QED) is 0.817. The summed E-state index contributed by atoms with van der Waals surface area (Å²) >= 11 is 2.10. The normalized spacial score (nSPS) is 40.7. The first-order chi connectivity index (χ1) is 7.85. The standard InChI is InChI=1S/C13H23NOS/c1-2-15-12-8-11(13(12)5-3-6-13)14-10-4-7-16-9-10/h10-12,14H,2-9H2,1H3. The second-order valence-corrected chi connectivity index (χ2v) is 6.70. The lowest BCUT2D eigenvalue weighted by atomic mass is 9.51. The van der Waals surface area contributed by atoms with E-state index >= 15 is 0 Å². The fourth-order valence-corrected chi connectivity index (χ4v) is 4.79. The Balaban J connectivity index is 1.56. The Labute approximate surface area is 103 Å². The Bertz CT molecular complexity index is 248. The SMILES string of the molecule is CCOC1CC(NC2CCSC2)C12CCC2. The largest absolute Gasteiger partial charge is 0.378 e. The molecule has 0 bridgehead atoms. The van der Waals surface area contributed by atoms with Crippen LogP contribution in [0.15, 0.2) is 0 Å². The van der Waals surface area contributed by atoms with Crippen LogP contribution in [0.2, 0.25) is 0 Å². The van der Waals surface area contributed by atoms with Crippen molar-refractivity contribution in [3.8, 4) is 0 Å². The molecule has 0 amide bonds. The van der Waals surface area contributed by atoms with Gasteiger partial charge in [0.05, 0.1) is 6.10 Å². The molecule has 3 rings (SSSR count). The molecule has 2 saturated carbocycles. The van der Waals surface area contributed by atoms with Crippen molar-refractivity contribution in [2.24, 2.45) is 5.41 Å². The van der Waals surface area contributed by atoms with E-state index in [1.165, 1.54) is 43.6 Å². The summed E-state index contributed by atoms with van der Waals surface area (Å²) < 4.78 is 5.89. The number of nitrogens with one attached hydrogen (secondary N) is 1. The zero-order chi connectivity index (χ0) is 11.0. The highest BCUT2D eigenvalue weighted by Gasteiger charge is 2.58.